The molecule has 0 unspecified atom stereocenters. The fourth-order valence-electron chi connectivity index (χ4n) is 5.39. The summed E-state index contributed by atoms with van der Waals surface area (Å²) >= 11 is 0. The summed E-state index contributed by atoms with van der Waals surface area (Å²) in [6.07, 6.45) is 1.79. The molecule has 44 heavy (non-hydrogen) atoms. The summed E-state index contributed by atoms with van der Waals surface area (Å²) in [4.78, 5) is 30.6. The zero-order chi connectivity index (χ0) is 31.4. The number of aryl methyl sites for hydroxylation is 1. The summed E-state index contributed by atoms with van der Waals surface area (Å²) in [5.41, 5.74) is 5.26. The molecule has 2 aromatic carbocycles. The lowest BCUT2D eigenvalue weighted by Crippen LogP contribution is -2.47. The molecule has 10 nitrogen and oxygen atoms in total. The van der Waals surface area contributed by atoms with Gasteiger partial charge in [0.25, 0.3) is 11.5 Å². The van der Waals surface area contributed by atoms with Crippen LogP contribution in [0.15, 0.2) is 71.7 Å². The normalized spacial score (nSPS) is 14.0. The highest BCUT2D eigenvalue weighted by Crippen LogP contribution is 2.30. The summed E-state index contributed by atoms with van der Waals surface area (Å²) in [6.45, 7) is 12.6. The number of nitrogens with zero attached hydrogens (tertiary/aromatic N) is 5. The van der Waals surface area contributed by atoms with Crippen molar-refractivity contribution in [1.29, 1.82) is 0 Å². The van der Waals surface area contributed by atoms with Crippen LogP contribution in [0.5, 0.6) is 0 Å². The highest BCUT2D eigenvalue weighted by Gasteiger charge is 2.19. The maximum atomic E-state index is 13.1. The molecule has 3 N–H and O–H groups in total. The molecule has 1 fully saturated rings. The number of rotatable bonds is 8. The molecule has 1 amide bonds. The van der Waals surface area contributed by atoms with E-state index in [0.717, 1.165) is 48.7 Å². The van der Waals surface area contributed by atoms with Gasteiger partial charge in [0.05, 0.1) is 6.61 Å². The monoisotopic (exact) mass is 595 g/mol. The molecule has 0 atom stereocenters. The standard InChI is InChI=1S/C34H41N7O3/c1-23-27(7-6-8-28(23)36-32(43)24-9-11-26(12-10-24)34(2,3)4)25-21-29(33(44)39(5)22-25)35-30-13-14-31(38-37-30)41-17-15-40(16-18-41)19-20-42/h6-14,21-22,42H,15-20H2,1-5H3,(H,35,37)(H,36,43). The average Bonchev–Trinajstić information content (AvgIpc) is 3.01. The molecule has 0 radical (unpaired) electrons. The van der Waals surface area contributed by atoms with Crippen LogP contribution in [0.3, 0.4) is 0 Å². The molecule has 1 saturated heterocycles. The number of carbonyl (C=O) groups excluding carboxylic acids is 1. The summed E-state index contributed by atoms with van der Waals surface area (Å²) < 4.78 is 1.53. The first-order chi connectivity index (χ1) is 21.0. The van der Waals surface area contributed by atoms with Crippen molar-refractivity contribution < 1.29 is 9.90 Å². The fraction of sp³-hybridized carbons (Fsp3) is 0.353. The first-order valence-electron chi connectivity index (χ1n) is 14.9. The topological polar surface area (TPSA) is 116 Å². The van der Waals surface area contributed by atoms with Crippen molar-refractivity contribution in [3.8, 4) is 11.1 Å². The molecule has 0 bridgehead atoms. The summed E-state index contributed by atoms with van der Waals surface area (Å²) in [6, 6.07) is 19.0. The van der Waals surface area contributed by atoms with E-state index in [4.69, 9.17) is 0 Å². The largest absolute Gasteiger partial charge is 0.395 e. The number of amides is 1. The Hall–Kier alpha value is -4.54. The number of carbonyl (C=O) groups is 1. The summed E-state index contributed by atoms with van der Waals surface area (Å²) in [5, 5.41) is 24.1. The SMILES string of the molecule is Cc1c(NC(=O)c2ccc(C(C)(C)C)cc2)cccc1-c1cc(Nc2ccc(N3CCN(CCO)CC3)nn2)c(=O)n(C)c1. The smallest absolute Gasteiger partial charge is 0.274 e. The van der Waals surface area contributed by atoms with Crippen LogP contribution in [-0.2, 0) is 12.5 Å². The van der Waals surface area contributed by atoms with E-state index in [0.29, 0.717) is 29.3 Å². The highest BCUT2D eigenvalue weighted by molar-refractivity contribution is 6.05. The van der Waals surface area contributed by atoms with Crippen molar-refractivity contribution in [2.75, 3.05) is 54.9 Å². The third-order valence-corrected chi connectivity index (χ3v) is 8.12. The number of aliphatic hydroxyl groups excluding tert-OH is 1. The van der Waals surface area contributed by atoms with E-state index >= 15 is 0 Å². The van der Waals surface area contributed by atoms with Gasteiger partial charge in [0.2, 0.25) is 0 Å². The van der Waals surface area contributed by atoms with Gasteiger partial charge in [-0.25, -0.2) is 0 Å². The van der Waals surface area contributed by atoms with E-state index in [-0.39, 0.29) is 23.5 Å². The van der Waals surface area contributed by atoms with Crippen LogP contribution in [0.2, 0.25) is 0 Å². The first-order valence-corrected chi connectivity index (χ1v) is 14.9. The molecule has 4 aromatic rings. The Morgan fingerprint density at radius 2 is 1.68 bits per heavy atom. The molecule has 0 aliphatic carbocycles. The number of hydrogen-bond donors (Lipinski definition) is 3. The maximum Gasteiger partial charge on any atom is 0.274 e. The van der Waals surface area contributed by atoms with E-state index in [9.17, 15) is 14.7 Å². The van der Waals surface area contributed by atoms with Crippen molar-refractivity contribution in [3.63, 3.8) is 0 Å². The number of nitrogens with one attached hydrogen (secondary N) is 2. The number of aromatic nitrogens is 3. The second-order valence-electron chi connectivity index (χ2n) is 12.3. The highest BCUT2D eigenvalue weighted by atomic mass is 16.3. The van der Waals surface area contributed by atoms with Crippen LogP contribution < -0.4 is 21.1 Å². The molecule has 0 saturated carbocycles. The molecular weight excluding hydrogens is 554 g/mol. The van der Waals surface area contributed by atoms with E-state index in [1.165, 1.54) is 10.1 Å². The van der Waals surface area contributed by atoms with Gasteiger partial charge in [-0.05, 0) is 65.4 Å². The van der Waals surface area contributed by atoms with Crippen molar-refractivity contribution in [1.82, 2.24) is 19.7 Å². The molecule has 5 rings (SSSR count). The van der Waals surface area contributed by atoms with Crippen LogP contribution in [-0.4, -0.2) is 70.0 Å². The Kier molecular flexibility index (Phi) is 9.12. The Morgan fingerprint density at radius 3 is 2.32 bits per heavy atom. The van der Waals surface area contributed by atoms with Crippen molar-refractivity contribution >= 4 is 28.9 Å². The molecule has 10 heteroatoms. The quantitative estimate of drug-likeness (QED) is 0.272. The van der Waals surface area contributed by atoms with Crippen LogP contribution in [0.4, 0.5) is 23.0 Å². The van der Waals surface area contributed by atoms with Gasteiger partial charge in [-0.1, -0.05) is 45.0 Å². The van der Waals surface area contributed by atoms with Gasteiger partial charge >= 0.3 is 0 Å². The first kappa shape index (κ1) is 30.9. The van der Waals surface area contributed by atoms with Gasteiger partial charge in [0.15, 0.2) is 11.6 Å². The maximum absolute atomic E-state index is 13.1. The molecule has 230 valence electrons. The fourth-order valence-corrected chi connectivity index (χ4v) is 5.39. The van der Waals surface area contributed by atoms with Gasteiger partial charge in [-0.15, -0.1) is 10.2 Å². The van der Waals surface area contributed by atoms with Gasteiger partial charge in [-0.2, -0.15) is 0 Å². The predicted molar refractivity (Wildman–Crippen MR) is 176 cm³/mol. The minimum Gasteiger partial charge on any atom is -0.395 e. The van der Waals surface area contributed by atoms with Crippen molar-refractivity contribution in [3.05, 3.63) is 93.9 Å². The minimum absolute atomic E-state index is 0.0108. The number of benzene rings is 2. The zero-order valence-electron chi connectivity index (χ0n) is 26.1. The summed E-state index contributed by atoms with van der Waals surface area (Å²) in [7, 11) is 1.71. The molecule has 2 aromatic heterocycles. The Labute approximate surface area is 258 Å². The van der Waals surface area contributed by atoms with Crippen LogP contribution in [0, 0.1) is 6.92 Å². The molecule has 1 aliphatic heterocycles. The number of piperazine rings is 1. The van der Waals surface area contributed by atoms with Gasteiger partial charge in [0, 0.05) is 62.8 Å². The van der Waals surface area contributed by atoms with Crippen LogP contribution in [0.1, 0.15) is 42.3 Å². The van der Waals surface area contributed by atoms with Gasteiger partial charge in [0.1, 0.15) is 5.69 Å². The zero-order valence-corrected chi connectivity index (χ0v) is 26.1. The molecule has 0 spiro atoms. The lowest BCUT2D eigenvalue weighted by Gasteiger charge is -2.34. The average molecular weight is 596 g/mol. The Morgan fingerprint density at radius 1 is 0.955 bits per heavy atom. The third-order valence-electron chi connectivity index (χ3n) is 8.12. The minimum atomic E-state index is -0.194. The van der Waals surface area contributed by atoms with Crippen LogP contribution >= 0.6 is 0 Å². The van der Waals surface area contributed by atoms with Gasteiger partial charge in [-0.3, -0.25) is 14.5 Å². The number of pyridine rings is 1. The Balaban J connectivity index is 1.32. The van der Waals surface area contributed by atoms with E-state index < -0.39 is 0 Å². The number of hydrogen-bond acceptors (Lipinski definition) is 8. The van der Waals surface area contributed by atoms with E-state index in [2.05, 4.69) is 51.4 Å². The predicted octanol–water partition coefficient (Wildman–Crippen LogP) is 4.56. The van der Waals surface area contributed by atoms with Gasteiger partial charge < -0.3 is 25.2 Å². The lowest BCUT2D eigenvalue weighted by atomic mass is 9.86. The van der Waals surface area contributed by atoms with Crippen LogP contribution in [0.25, 0.3) is 11.1 Å². The van der Waals surface area contributed by atoms with Crippen molar-refractivity contribution in [2.45, 2.75) is 33.1 Å². The van der Waals surface area contributed by atoms with E-state index in [1.807, 2.05) is 61.5 Å². The van der Waals surface area contributed by atoms with E-state index in [1.54, 1.807) is 19.3 Å². The summed E-state index contributed by atoms with van der Waals surface area (Å²) in [5.74, 6) is 1.07. The lowest BCUT2D eigenvalue weighted by molar-refractivity contribution is 0.102. The number of aliphatic hydroxyl groups is 1. The molecule has 3 heterocycles. The molecule has 1 aliphatic rings. The second-order valence-corrected chi connectivity index (χ2v) is 12.3. The van der Waals surface area contributed by atoms with Crippen molar-refractivity contribution in [2.24, 2.45) is 7.05 Å². The number of β-amino-alcohol motifs (C(OH)–C–C–N with tert-alkyl or cyclic N) is 1. The Bertz CT molecular complexity index is 1670. The third kappa shape index (κ3) is 6.98. The number of anilines is 4. The second kappa shape index (κ2) is 13.0. The molecular formula is C34H41N7O3.